The quantitative estimate of drug-likeness (QED) is 0.569. The molecule has 2 N–H and O–H groups in total. The maximum atomic E-state index is 10.5. The zero-order valence-corrected chi connectivity index (χ0v) is 6.83. The molecule has 1 aliphatic rings. The molecule has 1 unspecified atom stereocenters. The van der Waals surface area contributed by atoms with Crippen LogP contribution >= 0.6 is 12.4 Å². The molecule has 1 aliphatic heterocycles. The van der Waals surface area contributed by atoms with Crippen molar-refractivity contribution in [2.75, 3.05) is 13.1 Å². The van der Waals surface area contributed by atoms with E-state index < -0.39 is 0 Å². The van der Waals surface area contributed by atoms with Crippen LogP contribution in [0.25, 0.3) is 0 Å². The smallest absolute Gasteiger partial charge is 0.217 e. The fourth-order valence-corrected chi connectivity index (χ4v) is 1.07. The highest BCUT2D eigenvalue weighted by Crippen LogP contribution is 1.95. The van der Waals surface area contributed by atoms with E-state index in [0.29, 0.717) is 6.04 Å². The van der Waals surface area contributed by atoms with Gasteiger partial charge in [0.25, 0.3) is 0 Å². The molecule has 0 aromatic heterocycles. The lowest BCUT2D eigenvalue weighted by atomic mass is 10.3. The van der Waals surface area contributed by atoms with Gasteiger partial charge in [-0.15, -0.1) is 12.4 Å². The van der Waals surface area contributed by atoms with Gasteiger partial charge in [-0.1, -0.05) is 0 Å². The fourth-order valence-electron chi connectivity index (χ4n) is 1.07. The number of hydrogen-bond acceptors (Lipinski definition) is 2. The number of hydrogen-bond donors (Lipinski definition) is 2. The summed E-state index contributed by atoms with van der Waals surface area (Å²) in [7, 11) is 0. The first-order valence-corrected chi connectivity index (χ1v) is 3.27. The Morgan fingerprint density at radius 2 is 2.40 bits per heavy atom. The van der Waals surface area contributed by atoms with Crippen LogP contribution in [-0.2, 0) is 4.79 Å². The van der Waals surface area contributed by atoms with Crippen LogP contribution in [0.3, 0.4) is 0 Å². The van der Waals surface area contributed by atoms with Crippen molar-refractivity contribution in [2.24, 2.45) is 0 Å². The van der Waals surface area contributed by atoms with Crippen molar-refractivity contribution in [3.63, 3.8) is 0 Å². The minimum atomic E-state index is 0. The van der Waals surface area contributed by atoms with Crippen molar-refractivity contribution >= 4 is 18.3 Å². The van der Waals surface area contributed by atoms with E-state index in [1.807, 2.05) is 0 Å². The number of nitrogens with one attached hydrogen (secondary N) is 2. The van der Waals surface area contributed by atoms with Crippen molar-refractivity contribution in [1.82, 2.24) is 10.6 Å². The van der Waals surface area contributed by atoms with E-state index in [1.165, 1.54) is 0 Å². The lowest BCUT2D eigenvalue weighted by molar-refractivity contribution is -0.119. The second kappa shape index (κ2) is 4.52. The lowest BCUT2D eigenvalue weighted by Crippen LogP contribution is -2.34. The van der Waals surface area contributed by atoms with E-state index in [4.69, 9.17) is 0 Å². The number of carbonyl (C=O) groups excluding carboxylic acids is 1. The van der Waals surface area contributed by atoms with Crippen LogP contribution < -0.4 is 10.6 Å². The summed E-state index contributed by atoms with van der Waals surface area (Å²) in [5.41, 5.74) is 0. The van der Waals surface area contributed by atoms with Crippen molar-refractivity contribution in [3.8, 4) is 0 Å². The molecule has 1 saturated heterocycles. The SMILES string of the molecule is CC(=O)NC1CCNC1.Cl. The predicted octanol–water partition coefficient (Wildman–Crippen LogP) is -0.0938. The molecule has 60 valence electrons. The third kappa shape index (κ3) is 3.03. The highest BCUT2D eigenvalue weighted by atomic mass is 35.5. The average Bonchev–Trinajstić information content (AvgIpc) is 2.15. The first-order valence-electron chi connectivity index (χ1n) is 3.27. The molecule has 0 radical (unpaired) electrons. The standard InChI is InChI=1S/C6H12N2O.ClH/c1-5(9)8-6-2-3-7-4-6;/h6-7H,2-4H2,1H3,(H,8,9);1H. The van der Waals surface area contributed by atoms with Crippen LogP contribution in [0.4, 0.5) is 0 Å². The number of rotatable bonds is 1. The Labute approximate surface area is 67.0 Å². The Bertz CT molecular complexity index is 112. The minimum Gasteiger partial charge on any atom is -0.352 e. The van der Waals surface area contributed by atoms with Crippen molar-refractivity contribution in [2.45, 2.75) is 19.4 Å². The molecule has 1 atom stereocenters. The van der Waals surface area contributed by atoms with E-state index >= 15 is 0 Å². The minimum absolute atomic E-state index is 0. The van der Waals surface area contributed by atoms with E-state index in [9.17, 15) is 4.79 Å². The van der Waals surface area contributed by atoms with Gasteiger partial charge in [-0.25, -0.2) is 0 Å². The van der Waals surface area contributed by atoms with Crippen molar-refractivity contribution in [3.05, 3.63) is 0 Å². The van der Waals surface area contributed by atoms with Gasteiger partial charge in [0.2, 0.25) is 5.91 Å². The van der Waals surface area contributed by atoms with Crippen LogP contribution in [0.5, 0.6) is 0 Å². The normalized spacial score (nSPS) is 23.5. The van der Waals surface area contributed by atoms with Crippen molar-refractivity contribution in [1.29, 1.82) is 0 Å². The summed E-state index contributed by atoms with van der Waals surface area (Å²) in [6.45, 7) is 3.52. The van der Waals surface area contributed by atoms with Crippen LogP contribution in [0.1, 0.15) is 13.3 Å². The third-order valence-corrected chi connectivity index (χ3v) is 1.47. The largest absolute Gasteiger partial charge is 0.352 e. The second-order valence-electron chi connectivity index (χ2n) is 2.39. The number of halogens is 1. The summed E-state index contributed by atoms with van der Waals surface area (Å²) in [6, 6.07) is 0.377. The highest BCUT2D eigenvalue weighted by Gasteiger charge is 2.13. The van der Waals surface area contributed by atoms with E-state index in [1.54, 1.807) is 6.92 Å². The van der Waals surface area contributed by atoms with Crippen molar-refractivity contribution < 1.29 is 4.79 Å². The van der Waals surface area contributed by atoms with Crippen LogP contribution in [0.15, 0.2) is 0 Å². The molecule has 4 heteroatoms. The summed E-state index contributed by atoms with van der Waals surface area (Å²) in [5.74, 6) is 0.0729. The van der Waals surface area contributed by atoms with E-state index in [-0.39, 0.29) is 18.3 Å². The van der Waals surface area contributed by atoms with Crippen LogP contribution in [0, 0.1) is 0 Å². The summed E-state index contributed by atoms with van der Waals surface area (Å²) in [5, 5.41) is 6.00. The Hall–Kier alpha value is -0.280. The Balaban J connectivity index is 0.000000810. The molecule has 3 nitrogen and oxygen atoms in total. The van der Waals surface area contributed by atoms with Gasteiger partial charge in [0.05, 0.1) is 0 Å². The molecule has 0 saturated carbocycles. The van der Waals surface area contributed by atoms with Gasteiger partial charge < -0.3 is 10.6 Å². The van der Waals surface area contributed by atoms with Crippen LogP contribution in [-0.4, -0.2) is 25.0 Å². The maximum Gasteiger partial charge on any atom is 0.217 e. The lowest BCUT2D eigenvalue weighted by Gasteiger charge is -2.07. The summed E-state index contributed by atoms with van der Waals surface area (Å²) in [4.78, 5) is 10.5. The molecular formula is C6H13ClN2O. The molecule has 1 rings (SSSR count). The van der Waals surface area contributed by atoms with Gasteiger partial charge in [-0.05, 0) is 13.0 Å². The highest BCUT2D eigenvalue weighted by molar-refractivity contribution is 5.85. The number of amides is 1. The third-order valence-electron chi connectivity index (χ3n) is 1.47. The van der Waals surface area contributed by atoms with E-state index in [2.05, 4.69) is 10.6 Å². The number of carbonyl (C=O) groups is 1. The molecular weight excluding hydrogens is 152 g/mol. The zero-order chi connectivity index (χ0) is 6.69. The zero-order valence-electron chi connectivity index (χ0n) is 6.02. The van der Waals surface area contributed by atoms with E-state index in [0.717, 1.165) is 19.5 Å². The van der Waals surface area contributed by atoms with Gasteiger partial charge in [0.15, 0.2) is 0 Å². The summed E-state index contributed by atoms with van der Waals surface area (Å²) >= 11 is 0. The molecule has 1 heterocycles. The Kier molecular flexibility index (Phi) is 4.40. The topological polar surface area (TPSA) is 41.1 Å². The molecule has 1 amide bonds. The fraction of sp³-hybridized carbons (Fsp3) is 0.833. The molecule has 0 aliphatic carbocycles. The van der Waals surface area contributed by atoms with Crippen LogP contribution in [0.2, 0.25) is 0 Å². The Morgan fingerprint density at radius 3 is 2.80 bits per heavy atom. The average molecular weight is 165 g/mol. The molecule has 0 spiro atoms. The van der Waals surface area contributed by atoms with Gasteiger partial charge in [0, 0.05) is 19.5 Å². The molecule has 1 fully saturated rings. The van der Waals surface area contributed by atoms with Gasteiger partial charge >= 0.3 is 0 Å². The summed E-state index contributed by atoms with van der Waals surface area (Å²) in [6.07, 6.45) is 1.07. The Morgan fingerprint density at radius 1 is 1.70 bits per heavy atom. The first kappa shape index (κ1) is 9.72. The molecule has 10 heavy (non-hydrogen) atoms. The second-order valence-corrected chi connectivity index (χ2v) is 2.39. The molecule has 0 aromatic rings. The predicted molar refractivity (Wildman–Crippen MR) is 42.3 cm³/mol. The van der Waals surface area contributed by atoms with Gasteiger partial charge in [-0.3, -0.25) is 4.79 Å². The maximum absolute atomic E-state index is 10.5. The summed E-state index contributed by atoms with van der Waals surface area (Å²) < 4.78 is 0. The first-order chi connectivity index (χ1) is 4.29. The molecule has 0 aromatic carbocycles. The van der Waals surface area contributed by atoms with Gasteiger partial charge in [0.1, 0.15) is 0 Å². The van der Waals surface area contributed by atoms with Gasteiger partial charge in [-0.2, -0.15) is 0 Å². The molecule has 0 bridgehead atoms. The monoisotopic (exact) mass is 164 g/mol.